The molecule has 0 bridgehead atoms. The molecular formula is C33H48O4. The normalized spacial score (nSPS) is 29.1. The van der Waals surface area contributed by atoms with E-state index in [9.17, 15) is 14.8 Å². The second-order valence-electron chi connectivity index (χ2n) is 9.82. The monoisotopic (exact) mass is 508 g/mol. The minimum atomic E-state index is -0.423. The molecule has 3 rings (SSSR count). The van der Waals surface area contributed by atoms with Crippen molar-refractivity contribution in [1.82, 2.24) is 0 Å². The molecule has 1 saturated carbocycles. The van der Waals surface area contributed by atoms with Gasteiger partial charge in [-0.3, -0.25) is 14.8 Å². The van der Waals surface area contributed by atoms with Gasteiger partial charge in [0, 0.05) is 36.5 Å². The van der Waals surface area contributed by atoms with Gasteiger partial charge >= 0.3 is 0 Å². The van der Waals surface area contributed by atoms with Crippen molar-refractivity contribution in [2.24, 2.45) is 28.6 Å². The summed E-state index contributed by atoms with van der Waals surface area (Å²) in [5.74, 6) is 7.09. The lowest BCUT2D eigenvalue weighted by atomic mass is 9.54. The molecule has 5 atom stereocenters. The third-order valence-electron chi connectivity index (χ3n) is 7.58. The van der Waals surface area contributed by atoms with E-state index in [0.29, 0.717) is 12.8 Å². The van der Waals surface area contributed by atoms with Gasteiger partial charge in [0.25, 0.3) is 0 Å². The zero-order valence-corrected chi connectivity index (χ0v) is 23.9. The van der Waals surface area contributed by atoms with Crippen molar-refractivity contribution in [3.05, 3.63) is 37.0 Å². The van der Waals surface area contributed by atoms with Crippen LogP contribution in [0, 0.1) is 66.1 Å². The van der Waals surface area contributed by atoms with Crippen LogP contribution in [0.25, 0.3) is 0 Å². The summed E-state index contributed by atoms with van der Waals surface area (Å²) in [5, 5.41) is 10.0. The third-order valence-corrected chi connectivity index (χ3v) is 7.58. The Labute approximate surface area is 227 Å². The molecule has 0 amide bonds. The van der Waals surface area contributed by atoms with Crippen LogP contribution >= 0.6 is 0 Å². The number of carbonyl (C=O) groups is 2. The lowest BCUT2D eigenvalue weighted by Gasteiger charge is -2.50. The first-order valence-electron chi connectivity index (χ1n) is 13.1. The summed E-state index contributed by atoms with van der Waals surface area (Å²) in [6, 6.07) is 0. The number of allylic oxidation sites excluding steroid dienone is 4. The number of carbonyl (C=O) groups excluding carboxylic acids is 2. The van der Waals surface area contributed by atoms with Gasteiger partial charge in [0.2, 0.25) is 0 Å². The highest BCUT2D eigenvalue weighted by atomic mass is 17.1. The topological polar surface area (TPSA) is 63.6 Å². The second-order valence-corrected chi connectivity index (χ2v) is 9.82. The minimum absolute atomic E-state index is 0.000837. The average molecular weight is 509 g/mol. The molecule has 3 aliphatic rings. The highest BCUT2D eigenvalue weighted by Gasteiger charge is 2.51. The average Bonchev–Trinajstić information content (AvgIpc) is 2.95. The predicted octanol–water partition coefficient (Wildman–Crippen LogP) is 7.47. The van der Waals surface area contributed by atoms with Gasteiger partial charge in [-0.15, -0.1) is 50.7 Å². The van der Waals surface area contributed by atoms with Gasteiger partial charge in [0.05, 0.1) is 6.10 Å². The standard InChI is InChI=1S/C25H34O4.C2H6.C2H4.2C2H2/c1-5-21(27)20-10-8-6-7-9-17-11-12-18-15-19(26)13-14-25(18,4)23(17)22(29-28)16-24(20,2)3;4*1-2/h13-15,17,20,22-23,28H,5,8-12,16H2,1-4H3;1-2H3;1-2H2;2*1-2H/t17-,20?,22+,23?,25+;;;;/m1..../s1. The molecule has 0 aromatic heterocycles. The van der Waals surface area contributed by atoms with Crippen LogP contribution in [0.3, 0.4) is 0 Å². The summed E-state index contributed by atoms with van der Waals surface area (Å²) in [7, 11) is 0. The van der Waals surface area contributed by atoms with Crippen LogP contribution in [-0.2, 0) is 14.5 Å². The summed E-state index contributed by atoms with van der Waals surface area (Å²) in [4.78, 5) is 29.9. The number of Topliss-reactive ketones (excluding diaryl/α,β-unsaturated/α-hetero) is 1. The predicted molar refractivity (Wildman–Crippen MR) is 155 cm³/mol. The fourth-order valence-electron chi connectivity index (χ4n) is 5.97. The fraction of sp³-hybridized carbons (Fsp3) is 0.576. The van der Waals surface area contributed by atoms with Gasteiger partial charge in [0.15, 0.2) is 5.78 Å². The van der Waals surface area contributed by atoms with E-state index in [1.807, 2.05) is 26.8 Å². The van der Waals surface area contributed by atoms with Crippen LogP contribution in [-0.4, -0.2) is 22.9 Å². The molecule has 204 valence electrons. The number of terminal acetylenes is 2. The lowest BCUT2D eigenvalue weighted by molar-refractivity contribution is -0.307. The molecule has 37 heavy (non-hydrogen) atoms. The first-order valence-corrected chi connectivity index (χ1v) is 13.1. The Morgan fingerprint density at radius 2 is 1.73 bits per heavy atom. The molecule has 4 heteroatoms. The van der Waals surface area contributed by atoms with Gasteiger partial charge in [0.1, 0.15) is 5.78 Å². The molecule has 3 aliphatic carbocycles. The van der Waals surface area contributed by atoms with Gasteiger partial charge in [-0.2, -0.15) is 0 Å². The first kappa shape index (κ1) is 36.3. The molecule has 1 N–H and O–H groups in total. The minimum Gasteiger partial charge on any atom is -0.299 e. The third kappa shape index (κ3) is 9.20. The van der Waals surface area contributed by atoms with E-state index < -0.39 is 6.10 Å². The van der Waals surface area contributed by atoms with Crippen molar-refractivity contribution >= 4 is 11.6 Å². The molecule has 0 spiro atoms. The van der Waals surface area contributed by atoms with Crippen molar-refractivity contribution < 1.29 is 19.7 Å². The molecule has 2 unspecified atom stereocenters. The largest absolute Gasteiger partial charge is 0.299 e. The Kier molecular flexibility index (Phi) is 18.1. The Balaban J connectivity index is 0. The van der Waals surface area contributed by atoms with E-state index in [0.717, 1.165) is 37.7 Å². The zero-order chi connectivity index (χ0) is 29.2. The highest BCUT2D eigenvalue weighted by molar-refractivity contribution is 6.01. The molecule has 0 radical (unpaired) electrons. The van der Waals surface area contributed by atoms with Gasteiger partial charge in [-0.05, 0) is 49.2 Å². The van der Waals surface area contributed by atoms with E-state index in [-0.39, 0.29) is 40.2 Å². The van der Waals surface area contributed by atoms with Gasteiger partial charge < -0.3 is 0 Å². The maximum Gasteiger partial charge on any atom is 0.178 e. The zero-order valence-electron chi connectivity index (χ0n) is 23.9. The van der Waals surface area contributed by atoms with Crippen LogP contribution in [0.1, 0.15) is 86.5 Å². The summed E-state index contributed by atoms with van der Waals surface area (Å²) >= 11 is 0. The number of rotatable bonds is 3. The van der Waals surface area contributed by atoms with Gasteiger partial charge in [-0.25, -0.2) is 4.89 Å². The Morgan fingerprint density at radius 1 is 1.14 bits per heavy atom. The first-order chi connectivity index (χ1) is 17.7. The van der Waals surface area contributed by atoms with Crippen LogP contribution in [0.15, 0.2) is 37.0 Å². The molecule has 0 saturated heterocycles. The summed E-state index contributed by atoms with van der Waals surface area (Å²) in [6.07, 6.45) is 26.1. The van der Waals surface area contributed by atoms with E-state index in [4.69, 9.17) is 4.89 Å². The van der Waals surface area contributed by atoms with Crippen molar-refractivity contribution in [2.75, 3.05) is 0 Å². The fourth-order valence-corrected chi connectivity index (χ4v) is 5.97. The molecule has 0 aliphatic heterocycles. The smallest absolute Gasteiger partial charge is 0.178 e. The van der Waals surface area contributed by atoms with Crippen LogP contribution < -0.4 is 0 Å². The quantitative estimate of drug-likeness (QED) is 0.186. The van der Waals surface area contributed by atoms with E-state index in [2.05, 4.69) is 71.5 Å². The Bertz CT molecular complexity index is 870. The number of hydrogen-bond acceptors (Lipinski definition) is 4. The number of ketones is 2. The Morgan fingerprint density at radius 3 is 2.27 bits per heavy atom. The highest BCUT2D eigenvalue weighted by Crippen LogP contribution is 2.55. The molecule has 0 heterocycles. The van der Waals surface area contributed by atoms with E-state index in [1.54, 1.807) is 12.2 Å². The molecule has 0 aromatic rings. The molecule has 0 aromatic carbocycles. The van der Waals surface area contributed by atoms with Crippen molar-refractivity contribution in [2.45, 2.75) is 92.6 Å². The lowest BCUT2D eigenvalue weighted by Crippen LogP contribution is -2.48. The molecule has 4 nitrogen and oxygen atoms in total. The Hall–Kier alpha value is -2.84. The number of fused-ring (bicyclic) bond motifs is 3. The molecule has 1 fully saturated rings. The van der Waals surface area contributed by atoms with Crippen molar-refractivity contribution in [3.63, 3.8) is 0 Å². The second kappa shape index (κ2) is 18.4. The van der Waals surface area contributed by atoms with Crippen molar-refractivity contribution in [3.8, 4) is 37.5 Å². The SMILES string of the molecule is C#C.C#C.C=C.CC.CCC(=O)C1CCC#CC[C@@H]2CCC3=CC(=O)C=C[C@]3(C)C2[C@@H](OO)CC1(C)C. The maximum atomic E-state index is 12.7. The van der Waals surface area contributed by atoms with E-state index >= 15 is 0 Å². The maximum absolute atomic E-state index is 12.7. The molecular weight excluding hydrogens is 460 g/mol. The summed E-state index contributed by atoms with van der Waals surface area (Å²) < 4.78 is 0. The van der Waals surface area contributed by atoms with Crippen molar-refractivity contribution in [1.29, 1.82) is 0 Å². The van der Waals surface area contributed by atoms with Crippen LogP contribution in [0.4, 0.5) is 0 Å². The van der Waals surface area contributed by atoms with E-state index in [1.165, 1.54) is 0 Å². The summed E-state index contributed by atoms with van der Waals surface area (Å²) in [5.41, 5.74) is 0.457. The summed E-state index contributed by atoms with van der Waals surface area (Å²) in [6.45, 7) is 18.3. The number of hydrogen-bond donors (Lipinski definition) is 1. The van der Waals surface area contributed by atoms with Gasteiger partial charge in [-0.1, -0.05) is 53.2 Å². The van der Waals surface area contributed by atoms with Crippen LogP contribution in [0.5, 0.6) is 0 Å². The van der Waals surface area contributed by atoms with Crippen LogP contribution in [0.2, 0.25) is 0 Å².